The van der Waals surface area contributed by atoms with Crippen molar-refractivity contribution in [3.63, 3.8) is 0 Å². The monoisotopic (exact) mass is 437 g/mol. The molecule has 0 saturated carbocycles. The number of carbonyl (C=O) groups excluding carboxylic acids is 1. The SMILES string of the molecule is COc1ccc(C(=O)OCc2nc(C(C)C)no2)cc1S(=O)(=O)N1CCCCCC1. The van der Waals surface area contributed by atoms with Crippen molar-refractivity contribution < 1.29 is 27.2 Å². The maximum absolute atomic E-state index is 13.2. The van der Waals surface area contributed by atoms with Crippen molar-refractivity contribution in [3.8, 4) is 5.75 Å². The van der Waals surface area contributed by atoms with Crippen molar-refractivity contribution in [1.29, 1.82) is 0 Å². The number of nitrogens with zero attached hydrogens (tertiary/aromatic N) is 3. The molecule has 164 valence electrons. The minimum atomic E-state index is -3.80. The average molecular weight is 438 g/mol. The molecule has 0 spiro atoms. The molecule has 1 aromatic heterocycles. The smallest absolute Gasteiger partial charge is 0.338 e. The second-order valence-electron chi connectivity index (χ2n) is 7.46. The minimum Gasteiger partial charge on any atom is -0.495 e. The van der Waals surface area contributed by atoms with E-state index in [-0.39, 0.29) is 34.6 Å². The third-order valence-electron chi connectivity index (χ3n) is 4.91. The Labute approximate surface area is 176 Å². The lowest BCUT2D eigenvalue weighted by molar-refractivity contribution is 0.0429. The highest BCUT2D eigenvalue weighted by Crippen LogP contribution is 2.29. The van der Waals surface area contributed by atoms with Crippen molar-refractivity contribution in [2.24, 2.45) is 0 Å². The molecule has 2 heterocycles. The maximum Gasteiger partial charge on any atom is 0.338 e. The van der Waals surface area contributed by atoms with E-state index in [9.17, 15) is 13.2 Å². The van der Waals surface area contributed by atoms with E-state index in [1.54, 1.807) is 0 Å². The molecule has 0 radical (unpaired) electrons. The van der Waals surface area contributed by atoms with E-state index in [2.05, 4.69) is 10.1 Å². The molecule has 1 aliphatic rings. The molecule has 0 bridgehead atoms. The first kappa shape index (κ1) is 22.2. The number of esters is 1. The van der Waals surface area contributed by atoms with Gasteiger partial charge in [-0.25, -0.2) is 13.2 Å². The normalized spacial score (nSPS) is 15.7. The molecule has 2 aromatic rings. The van der Waals surface area contributed by atoms with E-state index in [0.717, 1.165) is 25.7 Å². The van der Waals surface area contributed by atoms with Crippen LogP contribution in [0.5, 0.6) is 5.75 Å². The second kappa shape index (κ2) is 9.57. The summed E-state index contributed by atoms with van der Waals surface area (Å²) in [7, 11) is -2.40. The van der Waals surface area contributed by atoms with Gasteiger partial charge >= 0.3 is 5.97 Å². The number of sulfonamides is 1. The average Bonchev–Trinajstić information content (AvgIpc) is 3.04. The maximum atomic E-state index is 13.2. The number of rotatable bonds is 7. The molecule has 0 N–H and O–H groups in total. The van der Waals surface area contributed by atoms with E-state index >= 15 is 0 Å². The lowest BCUT2D eigenvalue weighted by atomic mass is 10.2. The van der Waals surface area contributed by atoms with Gasteiger partial charge in [-0.3, -0.25) is 0 Å². The Balaban J connectivity index is 1.79. The van der Waals surface area contributed by atoms with Crippen LogP contribution in [0.15, 0.2) is 27.6 Å². The third-order valence-corrected chi connectivity index (χ3v) is 6.83. The second-order valence-corrected chi connectivity index (χ2v) is 9.37. The summed E-state index contributed by atoms with van der Waals surface area (Å²) >= 11 is 0. The van der Waals surface area contributed by atoms with Crippen LogP contribution < -0.4 is 4.74 Å². The largest absolute Gasteiger partial charge is 0.495 e. The Morgan fingerprint density at radius 1 is 1.20 bits per heavy atom. The highest BCUT2D eigenvalue weighted by atomic mass is 32.2. The van der Waals surface area contributed by atoms with Gasteiger partial charge in [-0.15, -0.1) is 0 Å². The van der Waals surface area contributed by atoms with Gasteiger partial charge < -0.3 is 14.0 Å². The van der Waals surface area contributed by atoms with Crippen molar-refractivity contribution >= 4 is 16.0 Å². The molecule has 1 aromatic carbocycles. The van der Waals surface area contributed by atoms with Gasteiger partial charge in [-0.1, -0.05) is 31.8 Å². The molecular weight excluding hydrogens is 410 g/mol. The summed E-state index contributed by atoms with van der Waals surface area (Å²) in [5, 5.41) is 3.82. The number of benzene rings is 1. The lowest BCUT2D eigenvalue weighted by Gasteiger charge is -2.21. The molecule has 10 heteroatoms. The standard InChI is InChI=1S/C20H27N3O6S/c1-14(2)19-21-18(29-22-19)13-28-20(24)15-8-9-16(27-3)17(12-15)30(25,26)23-10-6-4-5-7-11-23/h8-9,12,14H,4-7,10-11,13H2,1-3H3. The third kappa shape index (κ3) is 4.99. The summed E-state index contributed by atoms with van der Waals surface area (Å²) in [5.41, 5.74) is 0.104. The zero-order valence-electron chi connectivity index (χ0n) is 17.5. The zero-order chi connectivity index (χ0) is 21.7. The topological polar surface area (TPSA) is 112 Å². The fourth-order valence-electron chi connectivity index (χ4n) is 3.20. The van der Waals surface area contributed by atoms with Crippen LogP contribution in [-0.2, 0) is 21.4 Å². The van der Waals surface area contributed by atoms with Gasteiger partial charge in [0.15, 0.2) is 12.4 Å². The predicted molar refractivity (Wildman–Crippen MR) is 108 cm³/mol. The van der Waals surface area contributed by atoms with Gasteiger partial charge in [0.25, 0.3) is 5.89 Å². The first-order valence-corrected chi connectivity index (χ1v) is 11.4. The predicted octanol–water partition coefficient (Wildman–Crippen LogP) is 3.12. The van der Waals surface area contributed by atoms with Gasteiger partial charge in [-0.05, 0) is 31.0 Å². The molecule has 0 atom stereocenters. The first-order chi connectivity index (χ1) is 14.3. The van der Waals surface area contributed by atoms with E-state index in [1.807, 2.05) is 13.8 Å². The minimum absolute atomic E-state index is 0.0405. The van der Waals surface area contributed by atoms with Crippen molar-refractivity contribution in [1.82, 2.24) is 14.4 Å². The number of hydrogen-bond acceptors (Lipinski definition) is 8. The number of ether oxygens (including phenoxy) is 2. The molecule has 0 amide bonds. The summed E-state index contributed by atoms with van der Waals surface area (Å²) in [4.78, 5) is 16.6. The van der Waals surface area contributed by atoms with Crippen molar-refractivity contribution in [3.05, 3.63) is 35.5 Å². The van der Waals surface area contributed by atoms with Gasteiger partial charge in [0.1, 0.15) is 10.6 Å². The quantitative estimate of drug-likeness (QED) is 0.607. The summed E-state index contributed by atoms with van der Waals surface area (Å²) < 4.78 is 43.4. The highest BCUT2D eigenvalue weighted by molar-refractivity contribution is 7.89. The molecule has 3 rings (SSSR count). The van der Waals surface area contributed by atoms with Gasteiger partial charge in [0.2, 0.25) is 10.0 Å². The Kier molecular flexibility index (Phi) is 7.09. The van der Waals surface area contributed by atoms with E-state index in [4.69, 9.17) is 14.0 Å². The van der Waals surface area contributed by atoms with Crippen LogP contribution in [0.3, 0.4) is 0 Å². The van der Waals surface area contributed by atoms with Crippen LogP contribution in [0.4, 0.5) is 0 Å². The van der Waals surface area contributed by atoms with Crippen LogP contribution in [0.1, 0.15) is 67.5 Å². The molecule has 30 heavy (non-hydrogen) atoms. The van der Waals surface area contributed by atoms with Crippen molar-refractivity contribution in [2.75, 3.05) is 20.2 Å². The van der Waals surface area contributed by atoms with Crippen LogP contribution in [0.2, 0.25) is 0 Å². The number of carbonyl (C=O) groups is 1. The first-order valence-electron chi connectivity index (χ1n) is 10.0. The fourth-order valence-corrected chi connectivity index (χ4v) is 4.90. The van der Waals surface area contributed by atoms with E-state index < -0.39 is 16.0 Å². The fraction of sp³-hybridized carbons (Fsp3) is 0.550. The summed E-state index contributed by atoms with van der Waals surface area (Å²) in [6.07, 6.45) is 3.63. The summed E-state index contributed by atoms with van der Waals surface area (Å²) in [5.74, 6) is 0.296. The molecule has 1 fully saturated rings. The molecule has 0 aliphatic carbocycles. The van der Waals surface area contributed by atoms with E-state index in [0.29, 0.717) is 18.9 Å². The number of methoxy groups -OCH3 is 1. The Morgan fingerprint density at radius 2 is 1.90 bits per heavy atom. The van der Waals surface area contributed by atoms with Crippen molar-refractivity contribution in [2.45, 2.75) is 57.0 Å². The highest BCUT2D eigenvalue weighted by Gasteiger charge is 2.29. The van der Waals surface area contributed by atoms with Gasteiger partial charge in [-0.2, -0.15) is 9.29 Å². The zero-order valence-corrected chi connectivity index (χ0v) is 18.3. The van der Waals surface area contributed by atoms with Gasteiger partial charge in [0, 0.05) is 19.0 Å². The van der Waals surface area contributed by atoms with Gasteiger partial charge in [0.05, 0.1) is 12.7 Å². The molecule has 9 nitrogen and oxygen atoms in total. The molecule has 0 unspecified atom stereocenters. The number of aromatic nitrogens is 2. The molecule has 1 saturated heterocycles. The van der Waals surface area contributed by atoms with E-state index in [1.165, 1.54) is 29.6 Å². The van der Waals surface area contributed by atoms with Crippen LogP contribution in [-0.4, -0.2) is 49.0 Å². The lowest BCUT2D eigenvalue weighted by Crippen LogP contribution is -2.32. The Bertz CT molecular complexity index is 978. The molecular formula is C20H27N3O6S. The number of hydrogen-bond donors (Lipinski definition) is 0. The summed E-state index contributed by atoms with van der Waals surface area (Å²) in [6, 6.07) is 4.23. The summed E-state index contributed by atoms with van der Waals surface area (Å²) in [6.45, 7) is 4.55. The van der Waals surface area contributed by atoms with Crippen LogP contribution >= 0.6 is 0 Å². The van der Waals surface area contributed by atoms with Crippen LogP contribution in [0.25, 0.3) is 0 Å². The Morgan fingerprint density at radius 3 is 2.50 bits per heavy atom. The van der Waals surface area contributed by atoms with Crippen LogP contribution in [0, 0.1) is 0 Å². The Hall–Kier alpha value is -2.46. The molecule has 1 aliphatic heterocycles.